The molecule has 2 aromatic carbocycles. The Bertz CT molecular complexity index is 714. The SMILES string of the molecule is CCNC(=O)[C@@H](C)N(Cc1ccc(C)cc1)C(=O)COc1ccccc1. The number of carbonyl (C=O) groups excluding carboxylic acids is 2. The third kappa shape index (κ3) is 5.62. The third-order valence-electron chi connectivity index (χ3n) is 4.10. The van der Waals surface area contributed by atoms with Gasteiger partial charge >= 0.3 is 0 Å². The molecular formula is C21H26N2O3. The Morgan fingerprint density at radius 1 is 1.08 bits per heavy atom. The zero-order chi connectivity index (χ0) is 18.9. The van der Waals surface area contributed by atoms with Gasteiger partial charge in [-0.3, -0.25) is 9.59 Å². The molecule has 0 aliphatic carbocycles. The molecule has 0 aliphatic rings. The van der Waals surface area contributed by atoms with Crippen molar-refractivity contribution in [1.82, 2.24) is 10.2 Å². The van der Waals surface area contributed by atoms with Crippen molar-refractivity contribution < 1.29 is 14.3 Å². The highest BCUT2D eigenvalue weighted by atomic mass is 16.5. The summed E-state index contributed by atoms with van der Waals surface area (Å²) < 4.78 is 5.57. The maximum atomic E-state index is 12.8. The van der Waals surface area contributed by atoms with E-state index >= 15 is 0 Å². The number of amides is 2. The summed E-state index contributed by atoms with van der Waals surface area (Å²) in [6.45, 7) is 6.37. The Morgan fingerprint density at radius 3 is 2.35 bits per heavy atom. The number of nitrogens with one attached hydrogen (secondary N) is 1. The lowest BCUT2D eigenvalue weighted by atomic mass is 10.1. The molecule has 26 heavy (non-hydrogen) atoms. The van der Waals surface area contributed by atoms with Crippen LogP contribution < -0.4 is 10.1 Å². The molecule has 0 aromatic heterocycles. The normalized spacial score (nSPS) is 11.5. The van der Waals surface area contributed by atoms with E-state index < -0.39 is 6.04 Å². The summed E-state index contributed by atoms with van der Waals surface area (Å²) in [5.41, 5.74) is 2.12. The lowest BCUT2D eigenvalue weighted by Crippen LogP contribution is -2.49. The molecule has 0 fully saturated rings. The Labute approximate surface area is 155 Å². The van der Waals surface area contributed by atoms with Gasteiger partial charge in [0, 0.05) is 13.1 Å². The molecule has 0 heterocycles. The van der Waals surface area contributed by atoms with E-state index in [4.69, 9.17) is 4.74 Å². The van der Waals surface area contributed by atoms with Crippen molar-refractivity contribution in [3.8, 4) is 5.75 Å². The van der Waals surface area contributed by atoms with E-state index in [1.807, 2.05) is 56.3 Å². The van der Waals surface area contributed by atoms with Crippen molar-refractivity contribution in [3.63, 3.8) is 0 Å². The van der Waals surface area contributed by atoms with Crippen LogP contribution in [0.3, 0.4) is 0 Å². The van der Waals surface area contributed by atoms with Gasteiger partial charge in [0.15, 0.2) is 6.61 Å². The lowest BCUT2D eigenvalue weighted by Gasteiger charge is -2.28. The number of benzene rings is 2. The van der Waals surface area contributed by atoms with Crippen LogP contribution in [-0.2, 0) is 16.1 Å². The van der Waals surface area contributed by atoms with Gasteiger partial charge in [-0.2, -0.15) is 0 Å². The number of para-hydroxylation sites is 1. The summed E-state index contributed by atoms with van der Waals surface area (Å²) in [6, 6.07) is 16.5. The zero-order valence-electron chi connectivity index (χ0n) is 15.6. The second kappa shape index (κ2) is 9.61. The van der Waals surface area contributed by atoms with Crippen molar-refractivity contribution in [3.05, 3.63) is 65.7 Å². The summed E-state index contributed by atoms with van der Waals surface area (Å²) in [7, 11) is 0. The van der Waals surface area contributed by atoms with Gasteiger partial charge in [-0.25, -0.2) is 0 Å². The molecule has 0 aliphatic heterocycles. The molecule has 0 radical (unpaired) electrons. The first-order chi connectivity index (χ1) is 12.5. The molecule has 0 bridgehead atoms. The second-order valence-electron chi connectivity index (χ2n) is 6.18. The van der Waals surface area contributed by atoms with E-state index in [2.05, 4.69) is 5.32 Å². The van der Waals surface area contributed by atoms with Crippen LogP contribution in [0.15, 0.2) is 54.6 Å². The molecule has 1 atom stereocenters. The molecule has 0 saturated heterocycles. The van der Waals surface area contributed by atoms with Crippen molar-refractivity contribution in [1.29, 1.82) is 0 Å². The first-order valence-electron chi connectivity index (χ1n) is 8.81. The summed E-state index contributed by atoms with van der Waals surface area (Å²) in [4.78, 5) is 26.6. The van der Waals surface area contributed by atoms with E-state index in [9.17, 15) is 9.59 Å². The van der Waals surface area contributed by atoms with Crippen LogP contribution in [0, 0.1) is 6.92 Å². The van der Waals surface area contributed by atoms with Crippen LogP contribution in [-0.4, -0.2) is 35.9 Å². The average Bonchev–Trinajstić information content (AvgIpc) is 2.66. The number of hydrogen-bond acceptors (Lipinski definition) is 3. The van der Waals surface area contributed by atoms with Gasteiger partial charge in [-0.05, 0) is 38.5 Å². The van der Waals surface area contributed by atoms with E-state index in [-0.39, 0.29) is 18.4 Å². The highest BCUT2D eigenvalue weighted by molar-refractivity contribution is 5.87. The predicted molar refractivity (Wildman–Crippen MR) is 102 cm³/mol. The Morgan fingerprint density at radius 2 is 1.73 bits per heavy atom. The van der Waals surface area contributed by atoms with Crippen LogP contribution in [0.2, 0.25) is 0 Å². The third-order valence-corrected chi connectivity index (χ3v) is 4.10. The first kappa shape index (κ1) is 19.5. The molecule has 138 valence electrons. The summed E-state index contributed by atoms with van der Waals surface area (Å²) in [5, 5.41) is 2.78. The summed E-state index contributed by atoms with van der Waals surface area (Å²) in [5.74, 6) is 0.225. The number of nitrogens with zero attached hydrogens (tertiary/aromatic N) is 1. The Kier molecular flexibility index (Phi) is 7.21. The molecular weight excluding hydrogens is 328 g/mol. The minimum Gasteiger partial charge on any atom is -0.484 e. The zero-order valence-corrected chi connectivity index (χ0v) is 15.6. The minimum atomic E-state index is -0.580. The fourth-order valence-electron chi connectivity index (χ4n) is 2.54. The smallest absolute Gasteiger partial charge is 0.261 e. The van der Waals surface area contributed by atoms with E-state index in [1.54, 1.807) is 24.0 Å². The van der Waals surface area contributed by atoms with Crippen LogP contribution in [0.1, 0.15) is 25.0 Å². The molecule has 0 saturated carbocycles. The Balaban J connectivity index is 2.11. The largest absolute Gasteiger partial charge is 0.484 e. The number of ether oxygens (including phenoxy) is 1. The number of hydrogen-bond donors (Lipinski definition) is 1. The standard InChI is InChI=1S/C21H26N2O3/c1-4-22-21(25)17(3)23(14-18-12-10-16(2)11-13-18)20(24)15-26-19-8-6-5-7-9-19/h5-13,17H,4,14-15H2,1-3H3,(H,22,25)/t17-/m1/s1. The topological polar surface area (TPSA) is 58.6 Å². The lowest BCUT2D eigenvalue weighted by molar-refractivity contribution is -0.142. The van der Waals surface area contributed by atoms with Crippen LogP contribution in [0.4, 0.5) is 0 Å². The fourth-order valence-corrected chi connectivity index (χ4v) is 2.54. The van der Waals surface area contributed by atoms with Gasteiger partial charge in [0.1, 0.15) is 11.8 Å². The molecule has 1 N–H and O–H groups in total. The molecule has 2 amide bonds. The van der Waals surface area contributed by atoms with E-state index in [0.717, 1.165) is 11.1 Å². The number of carbonyl (C=O) groups is 2. The Hall–Kier alpha value is -2.82. The molecule has 2 rings (SSSR count). The predicted octanol–water partition coefficient (Wildman–Crippen LogP) is 2.93. The first-order valence-corrected chi connectivity index (χ1v) is 8.81. The maximum Gasteiger partial charge on any atom is 0.261 e. The fraction of sp³-hybridized carbons (Fsp3) is 0.333. The highest BCUT2D eigenvalue weighted by Gasteiger charge is 2.26. The van der Waals surface area contributed by atoms with E-state index in [1.165, 1.54) is 0 Å². The minimum absolute atomic E-state index is 0.111. The summed E-state index contributed by atoms with van der Waals surface area (Å²) in [6.07, 6.45) is 0. The van der Waals surface area contributed by atoms with Gasteiger partial charge in [-0.1, -0.05) is 48.0 Å². The van der Waals surface area contributed by atoms with Gasteiger partial charge < -0.3 is 15.0 Å². The van der Waals surface area contributed by atoms with Crippen LogP contribution >= 0.6 is 0 Å². The van der Waals surface area contributed by atoms with E-state index in [0.29, 0.717) is 18.8 Å². The second-order valence-corrected chi connectivity index (χ2v) is 6.18. The molecule has 2 aromatic rings. The number of aryl methyl sites for hydroxylation is 1. The maximum absolute atomic E-state index is 12.8. The molecule has 5 heteroatoms. The molecule has 0 spiro atoms. The summed E-state index contributed by atoms with van der Waals surface area (Å²) >= 11 is 0. The molecule has 5 nitrogen and oxygen atoms in total. The van der Waals surface area contributed by atoms with Crippen LogP contribution in [0.25, 0.3) is 0 Å². The van der Waals surface area contributed by atoms with Gasteiger partial charge in [0.25, 0.3) is 5.91 Å². The monoisotopic (exact) mass is 354 g/mol. The average molecular weight is 354 g/mol. The quantitative estimate of drug-likeness (QED) is 0.793. The van der Waals surface area contributed by atoms with Gasteiger partial charge in [0.05, 0.1) is 0 Å². The van der Waals surface area contributed by atoms with Crippen LogP contribution in [0.5, 0.6) is 5.75 Å². The van der Waals surface area contributed by atoms with Crippen molar-refractivity contribution in [2.45, 2.75) is 33.4 Å². The van der Waals surface area contributed by atoms with Crippen molar-refractivity contribution in [2.75, 3.05) is 13.2 Å². The molecule has 0 unspecified atom stereocenters. The number of likely N-dealkylation sites (N-methyl/N-ethyl adjacent to an activating group) is 1. The van der Waals surface area contributed by atoms with Crippen molar-refractivity contribution >= 4 is 11.8 Å². The van der Waals surface area contributed by atoms with Gasteiger partial charge in [-0.15, -0.1) is 0 Å². The van der Waals surface area contributed by atoms with Crippen molar-refractivity contribution in [2.24, 2.45) is 0 Å². The number of rotatable bonds is 8. The highest BCUT2D eigenvalue weighted by Crippen LogP contribution is 2.13. The van der Waals surface area contributed by atoms with Gasteiger partial charge in [0.2, 0.25) is 5.91 Å².